The first-order chi connectivity index (χ1) is 14.1. The van der Waals surface area contributed by atoms with E-state index in [0.29, 0.717) is 28.6 Å². The highest BCUT2D eigenvalue weighted by molar-refractivity contribution is 7.98. The monoisotopic (exact) mass is 410 g/mol. The van der Waals surface area contributed by atoms with E-state index in [0.717, 1.165) is 16.9 Å². The molecule has 0 amide bonds. The van der Waals surface area contributed by atoms with Gasteiger partial charge >= 0.3 is 11.7 Å². The van der Waals surface area contributed by atoms with Gasteiger partial charge in [0, 0.05) is 11.4 Å². The third-order valence-electron chi connectivity index (χ3n) is 4.11. The smallest absolute Gasteiger partial charge is 0.346 e. The van der Waals surface area contributed by atoms with Crippen LogP contribution in [0.25, 0.3) is 0 Å². The number of carbonyl (C=O) groups excluding carboxylic acids is 1. The number of H-pyrrole nitrogens is 1. The summed E-state index contributed by atoms with van der Waals surface area (Å²) in [6.07, 6.45) is 0. The van der Waals surface area contributed by atoms with Crippen LogP contribution in [0.1, 0.15) is 34.1 Å². The molecule has 6 nitrogen and oxygen atoms in total. The maximum Gasteiger partial charge on any atom is 0.346 e. The predicted octanol–water partition coefficient (Wildman–Crippen LogP) is 4.13. The van der Waals surface area contributed by atoms with Crippen molar-refractivity contribution in [3.05, 3.63) is 87.5 Å². The zero-order chi connectivity index (χ0) is 20.6. The van der Waals surface area contributed by atoms with Crippen LogP contribution in [0.2, 0.25) is 0 Å². The lowest BCUT2D eigenvalue weighted by Gasteiger charge is -2.10. The van der Waals surface area contributed by atoms with E-state index in [1.165, 1.54) is 11.8 Å². The number of aromatic amines is 1. The summed E-state index contributed by atoms with van der Waals surface area (Å²) in [4.78, 5) is 30.5. The molecule has 7 heteroatoms. The van der Waals surface area contributed by atoms with Crippen molar-refractivity contribution in [1.82, 2.24) is 9.97 Å². The van der Waals surface area contributed by atoms with E-state index in [1.54, 1.807) is 13.8 Å². The highest BCUT2D eigenvalue weighted by Crippen LogP contribution is 2.26. The molecule has 1 heterocycles. The molecule has 0 spiro atoms. The third kappa shape index (κ3) is 5.71. The molecule has 2 aromatic carbocycles. The summed E-state index contributed by atoms with van der Waals surface area (Å²) >= 11 is 1.33. The van der Waals surface area contributed by atoms with E-state index >= 15 is 0 Å². The van der Waals surface area contributed by atoms with Gasteiger partial charge in [-0.15, -0.1) is 11.8 Å². The van der Waals surface area contributed by atoms with Gasteiger partial charge in [0.2, 0.25) is 0 Å². The molecule has 0 aliphatic heterocycles. The highest BCUT2D eigenvalue weighted by atomic mass is 32.2. The fraction of sp³-hybridized carbons (Fsp3) is 0.227. The van der Waals surface area contributed by atoms with Crippen LogP contribution in [0.5, 0.6) is 5.75 Å². The Labute approximate surface area is 173 Å². The number of aryl methyl sites for hydroxylation is 1. The minimum Gasteiger partial charge on any atom is -0.489 e. The Kier molecular flexibility index (Phi) is 7.08. The van der Waals surface area contributed by atoms with Crippen LogP contribution in [0.3, 0.4) is 0 Å². The summed E-state index contributed by atoms with van der Waals surface area (Å²) in [5, 5.41) is 0.370. The molecular weight excluding hydrogens is 388 g/mol. The van der Waals surface area contributed by atoms with Gasteiger partial charge in [-0.3, -0.25) is 0 Å². The summed E-state index contributed by atoms with van der Waals surface area (Å²) in [7, 11) is 0. The Hall–Kier alpha value is -3.06. The minimum absolute atomic E-state index is 0.256. The quantitative estimate of drug-likeness (QED) is 0.342. The number of aromatic nitrogens is 2. The normalized spacial score (nSPS) is 10.6. The van der Waals surface area contributed by atoms with E-state index in [-0.39, 0.29) is 6.61 Å². The van der Waals surface area contributed by atoms with Crippen molar-refractivity contribution in [2.24, 2.45) is 0 Å². The van der Waals surface area contributed by atoms with Gasteiger partial charge in [-0.05, 0) is 37.1 Å². The molecule has 29 heavy (non-hydrogen) atoms. The van der Waals surface area contributed by atoms with Crippen molar-refractivity contribution in [2.75, 3.05) is 6.61 Å². The summed E-state index contributed by atoms with van der Waals surface area (Å²) < 4.78 is 10.9. The van der Waals surface area contributed by atoms with E-state index in [1.807, 2.05) is 54.6 Å². The summed E-state index contributed by atoms with van der Waals surface area (Å²) in [5.41, 5.74) is 2.41. The maximum atomic E-state index is 12.2. The van der Waals surface area contributed by atoms with Crippen molar-refractivity contribution < 1.29 is 14.3 Å². The van der Waals surface area contributed by atoms with Gasteiger partial charge in [0.05, 0.1) is 6.61 Å². The Morgan fingerprint density at radius 3 is 2.48 bits per heavy atom. The Morgan fingerprint density at radius 1 is 1.07 bits per heavy atom. The number of rotatable bonds is 8. The topological polar surface area (TPSA) is 81.3 Å². The molecule has 0 bridgehead atoms. The molecule has 0 saturated heterocycles. The van der Waals surface area contributed by atoms with Gasteiger partial charge in [0.25, 0.3) is 0 Å². The first-order valence-corrected chi connectivity index (χ1v) is 10.2. The Bertz CT molecular complexity index is 1020. The lowest BCUT2D eigenvalue weighted by Crippen LogP contribution is -2.19. The number of hydrogen-bond donors (Lipinski definition) is 1. The zero-order valence-electron chi connectivity index (χ0n) is 16.3. The Morgan fingerprint density at radius 2 is 1.79 bits per heavy atom. The van der Waals surface area contributed by atoms with E-state index in [2.05, 4.69) is 9.97 Å². The molecule has 0 saturated carbocycles. The molecule has 0 fully saturated rings. The van der Waals surface area contributed by atoms with E-state index < -0.39 is 11.7 Å². The second-order valence-electron chi connectivity index (χ2n) is 6.27. The van der Waals surface area contributed by atoms with E-state index in [4.69, 9.17) is 9.47 Å². The molecular formula is C22H22N2O4S. The van der Waals surface area contributed by atoms with Gasteiger partial charge in [-0.2, -0.15) is 4.98 Å². The molecule has 0 radical (unpaired) electrons. The Balaban J connectivity index is 1.65. The number of thioether (sulfide) groups is 1. The average molecular weight is 410 g/mol. The van der Waals surface area contributed by atoms with Crippen LogP contribution in [0.15, 0.2) is 64.4 Å². The van der Waals surface area contributed by atoms with Crippen molar-refractivity contribution in [2.45, 2.75) is 31.2 Å². The molecule has 0 aliphatic rings. The SMILES string of the molecule is CCOC(=O)c1c(SCc2ccc(OCc3ccccc3)cc2)nc(=O)[nH]c1C. The third-order valence-corrected chi connectivity index (χ3v) is 5.16. The van der Waals surface area contributed by atoms with Gasteiger partial charge in [-0.25, -0.2) is 9.59 Å². The number of nitrogens with one attached hydrogen (secondary N) is 1. The summed E-state index contributed by atoms with van der Waals surface area (Å²) in [6.45, 7) is 4.17. The zero-order valence-corrected chi connectivity index (χ0v) is 17.1. The fourth-order valence-electron chi connectivity index (χ4n) is 2.68. The molecule has 0 atom stereocenters. The largest absolute Gasteiger partial charge is 0.489 e. The van der Waals surface area contributed by atoms with Gasteiger partial charge in [0.1, 0.15) is 22.9 Å². The summed E-state index contributed by atoms with van der Waals surface area (Å²) in [5.74, 6) is 0.849. The van der Waals surface area contributed by atoms with Crippen molar-refractivity contribution >= 4 is 17.7 Å². The fourth-order valence-corrected chi connectivity index (χ4v) is 3.71. The van der Waals surface area contributed by atoms with Gasteiger partial charge in [-0.1, -0.05) is 42.5 Å². The maximum absolute atomic E-state index is 12.2. The molecule has 1 N–H and O–H groups in total. The minimum atomic E-state index is -0.485. The number of ether oxygens (including phenoxy) is 2. The second-order valence-corrected chi connectivity index (χ2v) is 7.24. The van der Waals surface area contributed by atoms with Crippen LogP contribution < -0.4 is 10.4 Å². The number of hydrogen-bond acceptors (Lipinski definition) is 6. The average Bonchev–Trinajstić information content (AvgIpc) is 2.72. The molecule has 1 aromatic heterocycles. The number of carbonyl (C=O) groups is 1. The molecule has 0 unspecified atom stereocenters. The van der Waals surface area contributed by atoms with Crippen molar-refractivity contribution in [1.29, 1.82) is 0 Å². The lowest BCUT2D eigenvalue weighted by molar-refractivity contribution is 0.0519. The number of benzene rings is 2. The van der Waals surface area contributed by atoms with Crippen LogP contribution in [-0.2, 0) is 17.1 Å². The number of esters is 1. The standard InChI is InChI=1S/C22H22N2O4S/c1-3-27-21(25)19-15(2)23-22(26)24-20(19)29-14-17-9-11-18(12-10-17)28-13-16-7-5-4-6-8-16/h4-12H,3,13-14H2,1-2H3,(H,23,24,26). The second kappa shape index (κ2) is 9.93. The molecule has 3 aromatic rings. The van der Waals surface area contributed by atoms with Crippen molar-refractivity contribution in [3.63, 3.8) is 0 Å². The first kappa shape index (κ1) is 20.7. The molecule has 0 aliphatic carbocycles. The van der Waals surface area contributed by atoms with Crippen LogP contribution >= 0.6 is 11.8 Å². The number of nitrogens with zero attached hydrogens (tertiary/aromatic N) is 1. The van der Waals surface area contributed by atoms with Crippen LogP contribution in [-0.4, -0.2) is 22.5 Å². The van der Waals surface area contributed by atoms with Gasteiger partial charge in [0.15, 0.2) is 0 Å². The van der Waals surface area contributed by atoms with Gasteiger partial charge < -0.3 is 14.5 Å². The van der Waals surface area contributed by atoms with Crippen LogP contribution in [0, 0.1) is 6.92 Å². The molecule has 3 rings (SSSR count). The lowest BCUT2D eigenvalue weighted by atomic mass is 10.2. The highest BCUT2D eigenvalue weighted by Gasteiger charge is 2.19. The van der Waals surface area contributed by atoms with Crippen molar-refractivity contribution in [3.8, 4) is 5.75 Å². The predicted molar refractivity (Wildman–Crippen MR) is 112 cm³/mol. The summed E-state index contributed by atoms with van der Waals surface area (Å²) in [6, 6.07) is 17.7. The first-order valence-electron chi connectivity index (χ1n) is 9.23. The van der Waals surface area contributed by atoms with E-state index in [9.17, 15) is 9.59 Å². The molecule has 150 valence electrons. The van der Waals surface area contributed by atoms with Crippen LogP contribution in [0.4, 0.5) is 0 Å².